The van der Waals surface area contributed by atoms with Crippen LogP contribution in [-0.2, 0) is 11.4 Å². The first kappa shape index (κ1) is 16.6. The number of halogens is 3. The van der Waals surface area contributed by atoms with Crippen molar-refractivity contribution in [2.24, 2.45) is 10.9 Å². The molecule has 1 heterocycles. The topological polar surface area (TPSA) is 82.5 Å². The van der Waals surface area contributed by atoms with Crippen molar-refractivity contribution in [1.82, 2.24) is 9.78 Å². The smallest absolute Gasteiger partial charge is 0.380 e. The van der Waals surface area contributed by atoms with Gasteiger partial charge in [-0.1, -0.05) is 40.0 Å². The molecular formula is C13H11Cl3N4O2. The average Bonchev–Trinajstić information content (AvgIpc) is 2.85. The van der Waals surface area contributed by atoms with E-state index in [4.69, 9.17) is 45.4 Å². The fraction of sp³-hybridized carbons (Fsp3) is 0.154. The van der Waals surface area contributed by atoms with E-state index in [0.717, 1.165) is 0 Å². The summed E-state index contributed by atoms with van der Waals surface area (Å²) in [7, 11) is 0. The van der Waals surface area contributed by atoms with Gasteiger partial charge in [-0.3, -0.25) is 4.68 Å². The summed E-state index contributed by atoms with van der Waals surface area (Å²) >= 11 is 17.7. The van der Waals surface area contributed by atoms with Gasteiger partial charge in [0.2, 0.25) is 0 Å². The molecule has 22 heavy (non-hydrogen) atoms. The first-order valence-corrected chi connectivity index (χ1v) is 7.29. The van der Waals surface area contributed by atoms with E-state index in [-0.39, 0.29) is 21.6 Å². The molecule has 0 atom stereocenters. The summed E-state index contributed by atoms with van der Waals surface area (Å²) in [5, 5.41) is 8.43. The molecule has 0 unspecified atom stereocenters. The van der Waals surface area contributed by atoms with Gasteiger partial charge < -0.3 is 10.6 Å². The minimum absolute atomic E-state index is 0.0396. The van der Waals surface area contributed by atoms with Crippen molar-refractivity contribution in [2.45, 2.75) is 13.5 Å². The van der Waals surface area contributed by atoms with Crippen molar-refractivity contribution in [3.05, 3.63) is 50.7 Å². The van der Waals surface area contributed by atoms with Crippen LogP contribution in [0.2, 0.25) is 15.1 Å². The Labute approximate surface area is 141 Å². The number of oxime groups is 1. The number of nitrogens with zero attached hydrogens (tertiary/aromatic N) is 3. The standard InChI is InChI=1S/C13H11Cl3N4O2/c1-2-20-6-10(16)11(18-20)13(21)22-19-12(17)8-4-3-7(14)5-9(8)15/h3-6H,2H2,1H3,(H2,17,19). The van der Waals surface area contributed by atoms with E-state index < -0.39 is 5.97 Å². The second-order valence-electron chi connectivity index (χ2n) is 4.16. The number of carbonyl (C=O) groups is 1. The molecule has 0 radical (unpaired) electrons. The number of rotatable bonds is 4. The molecule has 6 nitrogen and oxygen atoms in total. The number of amidine groups is 1. The monoisotopic (exact) mass is 360 g/mol. The third kappa shape index (κ3) is 3.71. The van der Waals surface area contributed by atoms with E-state index in [1.807, 2.05) is 6.92 Å². The number of hydrogen-bond donors (Lipinski definition) is 1. The Hall–Kier alpha value is -1.76. The molecule has 1 aromatic carbocycles. The van der Waals surface area contributed by atoms with Crippen molar-refractivity contribution in [3.8, 4) is 0 Å². The van der Waals surface area contributed by atoms with Crippen LogP contribution in [0.3, 0.4) is 0 Å². The first-order chi connectivity index (χ1) is 10.4. The van der Waals surface area contributed by atoms with E-state index in [1.54, 1.807) is 12.1 Å². The van der Waals surface area contributed by atoms with Crippen LogP contribution in [0.25, 0.3) is 0 Å². The van der Waals surface area contributed by atoms with Crippen LogP contribution in [0, 0.1) is 0 Å². The number of nitrogens with two attached hydrogens (primary N) is 1. The van der Waals surface area contributed by atoms with Crippen LogP contribution in [-0.4, -0.2) is 21.6 Å². The maximum atomic E-state index is 11.9. The zero-order valence-corrected chi connectivity index (χ0v) is 13.7. The van der Waals surface area contributed by atoms with Crippen LogP contribution >= 0.6 is 34.8 Å². The molecule has 2 aromatic rings. The van der Waals surface area contributed by atoms with Gasteiger partial charge in [-0.25, -0.2) is 4.79 Å². The van der Waals surface area contributed by atoms with E-state index in [2.05, 4.69) is 10.3 Å². The molecule has 0 spiro atoms. The van der Waals surface area contributed by atoms with Gasteiger partial charge in [0.15, 0.2) is 11.5 Å². The van der Waals surface area contributed by atoms with Crippen molar-refractivity contribution in [2.75, 3.05) is 0 Å². The summed E-state index contributed by atoms with van der Waals surface area (Å²) in [5.41, 5.74) is 6.08. The molecule has 0 bridgehead atoms. The van der Waals surface area contributed by atoms with Crippen molar-refractivity contribution in [3.63, 3.8) is 0 Å². The Morgan fingerprint density at radius 3 is 2.68 bits per heavy atom. The van der Waals surface area contributed by atoms with Crippen molar-refractivity contribution in [1.29, 1.82) is 0 Å². The minimum Gasteiger partial charge on any atom is -0.380 e. The lowest BCUT2D eigenvalue weighted by Crippen LogP contribution is -2.16. The van der Waals surface area contributed by atoms with Gasteiger partial charge in [0.05, 0.1) is 10.0 Å². The highest BCUT2D eigenvalue weighted by Crippen LogP contribution is 2.21. The quantitative estimate of drug-likeness (QED) is 0.392. The summed E-state index contributed by atoms with van der Waals surface area (Å²) in [6, 6.07) is 4.66. The summed E-state index contributed by atoms with van der Waals surface area (Å²) in [6.45, 7) is 2.43. The second-order valence-corrected chi connectivity index (χ2v) is 5.41. The van der Waals surface area contributed by atoms with Gasteiger partial charge in [0.25, 0.3) is 0 Å². The van der Waals surface area contributed by atoms with Crippen LogP contribution < -0.4 is 5.73 Å². The summed E-state index contributed by atoms with van der Waals surface area (Å²) in [5.74, 6) is -0.883. The van der Waals surface area contributed by atoms with Gasteiger partial charge in [-0.2, -0.15) is 5.10 Å². The molecule has 9 heteroatoms. The van der Waals surface area contributed by atoms with Gasteiger partial charge in [0.1, 0.15) is 0 Å². The predicted molar refractivity (Wildman–Crippen MR) is 85.5 cm³/mol. The zero-order valence-electron chi connectivity index (χ0n) is 11.4. The fourth-order valence-corrected chi connectivity index (χ4v) is 2.31. The molecule has 0 saturated carbocycles. The molecule has 0 amide bonds. The Bertz CT molecular complexity index is 743. The molecular weight excluding hydrogens is 351 g/mol. The Balaban J connectivity index is 2.16. The number of benzene rings is 1. The average molecular weight is 362 g/mol. The molecule has 2 rings (SSSR count). The zero-order chi connectivity index (χ0) is 16.3. The number of aryl methyl sites for hydroxylation is 1. The lowest BCUT2D eigenvalue weighted by atomic mass is 10.2. The van der Waals surface area contributed by atoms with E-state index in [9.17, 15) is 4.79 Å². The first-order valence-electron chi connectivity index (χ1n) is 6.15. The van der Waals surface area contributed by atoms with Gasteiger partial charge >= 0.3 is 5.97 Å². The lowest BCUT2D eigenvalue weighted by molar-refractivity contribution is 0.0508. The molecule has 0 saturated heterocycles. The Kier molecular flexibility index (Phi) is 5.28. The molecule has 0 aliphatic heterocycles. The molecule has 2 N–H and O–H groups in total. The molecule has 116 valence electrons. The van der Waals surface area contributed by atoms with Gasteiger partial charge in [-0.05, 0) is 25.1 Å². The van der Waals surface area contributed by atoms with Gasteiger partial charge in [0, 0.05) is 23.3 Å². The van der Waals surface area contributed by atoms with Gasteiger partial charge in [-0.15, -0.1) is 0 Å². The normalized spacial score (nSPS) is 11.5. The molecule has 1 aromatic heterocycles. The van der Waals surface area contributed by atoms with Crippen LogP contribution in [0.5, 0.6) is 0 Å². The molecule has 0 fully saturated rings. The number of hydrogen-bond acceptors (Lipinski definition) is 4. The Morgan fingerprint density at radius 2 is 2.09 bits per heavy atom. The lowest BCUT2D eigenvalue weighted by Gasteiger charge is -2.03. The summed E-state index contributed by atoms with van der Waals surface area (Å²) in [4.78, 5) is 16.6. The summed E-state index contributed by atoms with van der Waals surface area (Å²) in [6.07, 6.45) is 1.52. The van der Waals surface area contributed by atoms with Crippen LogP contribution in [0.1, 0.15) is 23.0 Å². The number of carbonyl (C=O) groups excluding carboxylic acids is 1. The highest BCUT2D eigenvalue weighted by Gasteiger charge is 2.17. The van der Waals surface area contributed by atoms with Crippen LogP contribution in [0.4, 0.5) is 0 Å². The van der Waals surface area contributed by atoms with Crippen LogP contribution in [0.15, 0.2) is 29.6 Å². The van der Waals surface area contributed by atoms with E-state index in [1.165, 1.54) is 16.9 Å². The minimum atomic E-state index is -0.815. The fourth-order valence-electron chi connectivity index (χ4n) is 1.58. The Morgan fingerprint density at radius 1 is 1.36 bits per heavy atom. The van der Waals surface area contributed by atoms with Crippen molar-refractivity contribution < 1.29 is 9.63 Å². The second kappa shape index (κ2) is 7.00. The summed E-state index contributed by atoms with van der Waals surface area (Å²) < 4.78 is 1.50. The SMILES string of the molecule is CCn1cc(Cl)c(C(=O)O/N=C(\N)c2ccc(Cl)cc2Cl)n1. The highest BCUT2D eigenvalue weighted by molar-refractivity contribution is 6.37. The molecule has 0 aliphatic carbocycles. The van der Waals surface area contributed by atoms with Crippen molar-refractivity contribution >= 4 is 46.6 Å². The van der Waals surface area contributed by atoms with E-state index in [0.29, 0.717) is 17.1 Å². The van der Waals surface area contributed by atoms with E-state index >= 15 is 0 Å². The predicted octanol–water partition coefficient (Wildman–Crippen LogP) is 3.34. The highest BCUT2D eigenvalue weighted by atomic mass is 35.5. The maximum Gasteiger partial charge on any atom is 0.387 e. The molecule has 0 aliphatic rings. The third-order valence-electron chi connectivity index (χ3n) is 2.67. The third-order valence-corrected chi connectivity index (χ3v) is 3.49. The largest absolute Gasteiger partial charge is 0.387 e. The number of aromatic nitrogens is 2. The maximum absolute atomic E-state index is 11.9.